The Hall–Kier alpha value is -1.73. The number of halogens is 1. The van der Waals surface area contributed by atoms with Crippen molar-refractivity contribution in [3.05, 3.63) is 39.4 Å². The van der Waals surface area contributed by atoms with Crippen LogP contribution in [0.3, 0.4) is 0 Å². The van der Waals surface area contributed by atoms with E-state index in [1.54, 1.807) is 0 Å². The van der Waals surface area contributed by atoms with Gasteiger partial charge in [-0.3, -0.25) is 9.59 Å². The van der Waals surface area contributed by atoms with Crippen LogP contribution in [0.1, 0.15) is 35.3 Å². The Morgan fingerprint density at radius 1 is 1.32 bits per heavy atom. The van der Waals surface area contributed by atoms with E-state index in [-0.39, 0.29) is 23.9 Å². The molecule has 2 fully saturated rings. The molecule has 4 rings (SSSR count). The van der Waals surface area contributed by atoms with Gasteiger partial charge in [-0.25, -0.2) is 4.98 Å². The van der Waals surface area contributed by atoms with E-state index in [0.29, 0.717) is 18.5 Å². The van der Waals surface area contributed by atoms with Gasteiger partial charge in [0.15, 0.2) is 0 Å². The number of aryl methyl sites for hydroxylation is 1. The molecule has 1 aliphatic carbocycles. The highest BCUT2D eigenvalue weighted by atomic mass is 79.9. The van der Waals surface area contributed by atoms with E-state index in [4.69, 9.17) is 5.73 Å². The zero-order valence-electron chi connectivity index (χ0n) is 14.0. The minimum absolute atomic E-state index is 0.00137. The molecule has 25 heavy (non-hydrogen) atoms. The first-order chi connectivity index (χ1) is 11.8. The fourth-order valence-corrected chi connectivity index (χ4v) is 5.18. The number of piperidine rings is 1. The molecular weight excluding hydrogens is 402 g/mol. The standard InChI is InChI=1S/C18H18BrN3O2S/c1-9-7-18(17(20)24)8-13(18)22(9)16(23)14-15(25-10(2)21-14)11-3-5-12(19)6-4-11/h3-6,9,13H,7-8H2,1-2H3,(H2,20,24)/t9-,13-,18+/m0/s1. The third-order valence-corrected chi connectivity index (χ3v) is 6.82. The van der Waals surface area contributed by atoms with Gasteiger partial charge in [0, 0.05) is 16.6 Å². The van der Waals surface area contributed by atoms with Gasteiger partial charge in [0.25, 0.3) is 5.91 Å². The minimum atomic E-state index is -0.516. The largest absolute Gasteiger partial charge is 0.369 e. The number of hydrogen-bond acceptors (Lipinski definition) is 4. The average molecular weight is 420 g/mol. The zero-order valence-corrected chi connectivity index (χ0v) is 16.4. The first-order valence-electron chi connectivity index (χ1n) is 8.19. The summed E-state index contributed by atoms with van der Waals surface area (Å²) in [7, 11) is 0. The van der Waals surface area contributed by atoms with Gasteiger partial charge in [0.2, 0.25) is 5.91 Å². The SMILES string of the molecule is Cc1nc(C(=O)N2[C@H]3C[C@]3(C(N)=O)C[C@@H]2C)c(-c2ccc(Br)cc2)s1. The summed E-state index contributed by atoms with van der Waals surface area (Å²) in [6.07, 6.45) is 1.32. The predicted octanol–water partition coefficient (Wildman–Crippen LogP) is 3.36. The van der Waals surface area contributed by atoms with E-state index in [2.05, 4.69) is 20.9 Å². The Morgan fingerprint density at radius 3 is 2.60 bits per heavy atom. The second kappa shape index (κ2) is 5.64. The second-order valence-electron chi connectivity index (χ2n) is 6.92. The van der Waals surface area contributed by atoms with Gasteiger partial charge in [0.1, 0.15) is 5.69 Å². The van der Waals surface area contributed by atoms with Gasteiger partial charge < -0.3 is 10.6 Å². The van der Waals surface area contributed by atoms with Crippen molar-refractivity contribution in [2.75, 3.05) is 0 Å². The molecule has 1 aromatic carbocycles. The van der Waals surface area contributed by atoms with Gasteiger partial charge in [-0.05, 0) is 44.4 Å². The van der Waals surface area contributed by atoms with Gasteiger partial charge in [-0.15, -0.1) is 11.3 Å². The number of nitrogens with zero attached hydrogens (tertiary/aromatic N) is 2. The predicted molar refractivity (Wildman–Crippen MR) is 100 cm³/mol. The Morgan fingerprint density at radius 2 is 2.00 bits per heavy atom. The number of nitrogens with two attached hydrogens (primary N) is 1. The summed E-state index contributed by atoms with van der Waals surface area (Å²) in [5.41, 5.74) is 6.51. The first-order valence-corrected chi connectivity index (χ1v) is 9.80. The topological polar surface area (TPSA) is 76.3 Å². The molecule has 0 spiro atoms. The van der Waals surface area contributed by atoms with Crippen molar-refractivity contribution in [2.45, 2.75) is 38.8 Å². The molecule has 0 bridgehead atoms. The zero-order chi connectivity index (χ0) is 17.9. The highest BCUT2D eigenvalue weighted by Crippen LogP contribution is 2.59. The van der Waals surface area contributed by atoms with Crippen LogP contribution in [-0.2, 0) is 4.79 Å². The number of amides is 2. The van der Waals surface area contributed by atoms with Crippen LogP contribution in [0, 0.1) is 12.3 Å². The number of aromatic nitrogens is 1. The highest BCUT2D eigenvalue weighted by molar-refractivity contribution is 9.10. The first kappa shape index (κ1) is 16.7. The quantitative estimate of drug-likeness (QED) is 0.828. The maximum absolute atomic E-state index is 13.2. The monoisotopic (exact) mass is 419 g/mol. The van der Waals surface area contributed by atoms with Gasteiger partial charge in [0.05, 0.1) is 15.3 Å². The summed E-state index contributed by atoms with van der Waals surface area (Å²) in [6, 6.07) is 7.79. The lowest BCUT2D eigenvalue weighted by Crippen LogP contribution is -2.37. The van der Waals surface area contributed by atoms with Crippen LogP contribution >= 0.6 is 27.3 Å². The summed E-state index contributed by atoms with van der Waals surface area (Å²) >= 11 is 4.95. The molecule has 1 saturated heterocycles. The molecule has 130 valence electrons. The normalized spacial score (nSPS) is 27.2. The Balaban J connectivity index is 1.70. The molecule has 1 aromatic heterocycles. The van der Waals surface area contributed by atoms with E-state index in [9.17, 15) is 9.59 Å². The average Bonchev–Trinajstić information content (AvgIpc) is 3.00. The Bertz CT molecular complexity index is 879. The lowest BCUT2D eigenvalue weighted by Gasteiger charge is -2.24. The number of carbonyl (C=O) groups excluding carboxylic acids is 2. The molecule has 1 saturated carbocycles. The molecule has 1 aliphatic heterocycles. The molecule has 0 radical (unpaired) electrons. The lowest BCUT2D eigenvalue weighted by molar-refractivity contribution is -0.123. The number of rotatable bonds is 3. The summed E-state index contributed by atoms with van der Waals surface area (Å²) < 4.78 is 0.989. The van der Waals surface area contributed by atoms with Crippen molar-refractivity contribution in [3.63, 3.8) is 0 Å². The van der Waals surface area contributed by atoms with Crippen LogP contribution in [-0.4, -0.2) is 33.8 Å². The molecule has 2 amide bonds. The van der Waals surface area contributed by atoms with E-state index >= 15 is 0 Å². The maximum Gasteiger partial charge on any atom is 0.274 e. The lowest BCUT2D eigenvalue weighted by atomic mass is 10.00. The highest BCUT2D eigenvalue weighted by Gasteiger charge is 2.68. The minimum Gasteiger partial charge on any atom is -0.369 e. The number of thiazole rings is 1. The van der Waals surface area contributed by atoms with E-state index in [1.165, 1.54) is 11.3 Å². The van der Waals surface area contributed by atoms with E-state index < -0.39 is 5.41 Å². The maximum atomic E-state index is 13.2. The van der Waals surface area contributed by atoms with Crippen LogP contribution in [0.2, 0.25) is 0 Å². The number of benzene rings is 1. The molecule has 5 nitrogen and oxygen atoms in total. The Kier molecular flexibility index (Phi) is 3.77. The van der Waals surface area contributed by atoms with Crippen molar-refractivity contribution in [3.8, 4) is 10.4 Å². The second-order valence-corrected chi connectivity index (χ2v) is 9.04. The van der Waals surface area contributed by atoms with Gasteiger partial charge >= 0.3 is 0 Å². The summed E-state index contributed by atoms with van der Waals surface area (Å²) in [5.74, 6) is -0.386. The van der Waals surface area contributed by atoms with Crippen LogP contribution in [0.15, 0.2) is 28.7 Å². The van der Waals surface area contributed by atoms with Gasteiger partial charge in [-0.2, -0.15) is 0 Å². The fraction of sp³-hybridized carbons (Fsp3) is 0.389. The third-order valence-electron chi connectivity index (χ3n) is 5.27. The van der Waals surface area contributed by atoms with Crippen molar-refractivity contribution in [2.24, 2.45) is 11.1 Å². The molecule has 2 heterocycles. The molecule has 0 unspecified atom stereocenters. The van der Waals surface area contributed by atoms with Crippen LogP contribution in [0.4, 0.5) is 0 Å². The number of fused-ring (bicyclic) bond motifs is 1. The van der Waals surface area contributed by atoms with Crippen LogP contribution in [0.25, 0.3) is 10.4 Å². The molecular formula is C18H18BrN3O2S. The third kappa shape index (κ3) is 2.52. The number of carbonyl (C=O) groups is 2. The molecule has 3 atom stereocenters. The molecule has 2 N–H and O–H groups in total. The summed E-state index contributed by atoms with van der Waals surface area (Å²) in [4.78, 5) is 32.3. The van der Waals surface area contributed by atoms with Crippen LogP contribution in [0.5, 0.6) is 0 Å². The van der Waals surface area contributed by atoms with Crippen molar-refractivity contribution >= 4 is 39.1 Å². The van der Waals surface area contributed by atoms with E-state index in [0.717, 1.165) is 19.9 Å². The Labute approximate surface area is 158 Å². The summed E-state index contributed by atoms with van der Waals surface area (Å²) in [5, 5.41) is 0.852. The molecule has 7 heteroatoms. The van der Waals surface area contributed by atoms with Crippen molar-refractivity contribution in [1.82, 2.24) is 9.88 Å². The number of primary amides is 1. The molecule has 2 aliphatic rings. The summed E-state index contributed by atoms with van der Waals surface area (Å²) in [6.45, 7) is 3.88. The molecule has 2 aromatic rings. The smallest absolute Gasteiger partial charge is 0.274 e. The number of hydrogen-bond donors (Lipinski definition) is 1. The van der Waals surface area contributed by atoms with E-state index in [1.807, 2.05) is 43.0 Å². The number of likely N-dealkylation sites (tertiary alicyclic amines) is 1. The van der Waals surface area contributed by atoms with Crippen LogP contribution < -0.4 is 5.73 Å². The van der Waals surface area contributed by atoms with Crippen molar-refractivity contribution < 1.29 is 9.59 Å². The fourth-order valence-electron chi connectivity index (χ4n) is 4.00. The van der Waals surface area contributed by atoms with Gasteiger partial charge in [-0.1, -0.05) is 28.1 Å². The van der Waals surface area contributed by atoms with Crippen molar-refractivity contribution in [1.29, 1.82) is 0 Å².